The summed E-state index contributed by atoms with van der Waals surface area (Å²) in [6, 6.07) is 3.62. The Morgan fingerprint density at radius 3 is 2.49 bits per heavy atom. The van der Waals surface area contributed by atoms with Crippen LogP contribution in [0.3, 0.4) is 0 Å². The van der Waals surface area contributed by atoms with Gasteiger partial charge in [-0.15, -0.1) is 0 Å². The van der Waals surface area contributed by atoms with Crippen molar-refractivity contribution in [2.75, 3.05) is 20.3 Å². The molecule has 0 amide bonds. The number of ether oxygens (including phenoxy) is 4. The number of rotatable bonds is 9. The van der Waals surface area contributed by atoms with Crippen LogP contribution in [0.5, 0.6) is 17.2 Å². The fourth-order valence-corrected chi connectivity index (χ4v) is 6.55. The van der Waals surface area contributed by atoms with Gasteiger partial charge in [-0.3, -0.25) is 14.4 Å². The van der Waals surface area contributed by atoms with Crippen LogP contribution in [0.4, 0.5) is 0 Å². The average molecular weight is 656 g/mol. The van der Waals surface area contributed by atoms with E-state index in [1.54, 1.807) is 20.8 Å². The topological polar surface area (TPSA) is 218 Å². The first-order chi connectivity index (χ1) is 22.3. The number of aromatic hydroxyl groups is 2. The number of hydrogen-bond donors (Lipinski definition) is 6. The number of methoxy groups -OCH3 is 1. The molecule has 47 heavy (non-hydrogen) atoms. The molecule has 6 unspecified atom stereocenters. The second-order valence-electron chi connectivity index (χ2n) is 11.8. The number of allylic oxidation sites excluding steroid dienone is 1. The molecule has 0 spiro atoms. The van der Waals surface area contributed by atoms with Gasteiger partial charge in [0.25, 0.3) is 0 Å². The molecule has 0 aromatic heterocycles. The number of fused-ring (bicyclic) bond motifs is 3. The SMILES string of the molecule is CCOC(=O)/C=C(\C)NC1CC(OC2CC(O)(C(=O)CO)Cc3c(O)c4c(c(O)c32)C(=O)c2c(OC)cccc2C4=O)OC(C)C1O. The van der Waals surface area contributed by atoms with Crippen molar-refractivity contribution < 1.29 is 63.7 Å². The molecule has 3 aliphatic rings. The van der Waals surface area contributed by atoms with E-state index in [9.17, 15) is 44.7 Å². The first-order valence-electron chi connectivity index (χ1n) is 15.1. The predicted octanol–water partition coefficient (Wildman–Crippen LogP) is 1.10. The lowest BCUT2D eigenvalue weighted by Gasteiger charge is -2.43. The van der Waals surface area contributed by atoms with Gasteiger partial charge in [0.05, 0.1) is 48.7 Å². The van der Waals surface area contributed by atoms with E-state index in [-0.39, 0.29) is 41.0 Å². The summed E-state index contributed by atoms with van der Waals surface area (Å²) in [4.78, 5) is 52.2. The molecule has 1 aliphatic heterocycles. The van der Waals surface area contributed by atoms with Gasteiger partial charge in [-0.2, -0.15) is 0 Å². The van der Waals surface area contributed by atoms with Gasteiger partial charge in [0.15, 0.2) is 17.9 Å². The molecule has 6 N–H and O–H groups in total. The zero-order valence-electron chi connectivity index (χ0n) is 26.2. The lowest BCUT2D eigenvalue weighted by atomic mass is 9.72. The molecular formula is C33H37NO13. The number of Topliss-reactive ketones (excluding diaryl/α,β-unsaturated/α-hetero) is 1. The van der Waals surface area contributed by atoms with E-state index in [1.165, 1.54) is 31.4 Å². The van der Waals surface area contributed by atoms with Crippen molar-refractivity contribution in [3.05, 3.63) is 63.4 Å². The Labute approximate surface area is 269 Å². The molecule has 2 aliphatic carbocycles. The third-order valence-electron chi connectivity index (χ3n) is 8.79. The molecule has 0 bridgehead atoms. The largest absolute Gasteiger partial charge is 0.507 e. The van der Waals surface area contributed by atoms with E-state index in [2.05, 4.69) is 5.32 Å². The Morgan fingerprint density at radius 2 is 1.83 bits per heavy atom. The summed E-state index contributed by atoms with van der Waals surface area (Å²) < 4.78 is 22.3. The molecule has 252 valence electrons. The van der Waals surface area contributed by atoms with Gasteiger partial charge in [0, 0.05) is 47.7 Å². The molecule has 1 heterocycles. The zero-order valence-corrected chi connectivity index (χ0v) is 26.2. The molecule has 0 radical (unpaired) electrons. The van der Waals surface area contributed by atoms with Crippen molar-refractivity contribution in [1.29, 1.82) is 0 Å². The molecule has 2 aromatic carbocycles. The average Bonchev–Trinajstić information content (AvgIpc) is 3.02. The summed E-state index contributed by atoms with van der Waals surface area (Å²) >= 11 is 0. The van der Waals surface area contributed by atoms with E-state index in [0.717, 1.165) is 0 Å². The fourth-order valence-electron chi connectivity index (χ4n) is 6.55. The number of benzene rings is 2. The number of aliphatic hydroxyl groups is 3. The Balaban J connectivity index is 1.57. The van der Waals surface area contributed by atoms with Crippen molar-refractivity contribution in [3.8, 4) is 17.2 Å². The lowest BCUT2D eigenvalue weighted by Crippen LogP contribution is -2.54. The molecule has 0 saturated carbocycles. The van der Waals surface area contributed by atoms with Crippen LogP contribution in [-0.4, -0.2) is 99.3 Å². The van der Waals surface area contributed by atoms with Crippen LogP contribution in [0.1, 0.15) is 82.7 Å². The van der Waals surface area contributed by atoms with E-state index in [4.69, 9.17) is 18.9 Å². The highest BCUT2D eigenvalue weighted by Crippen LogP contribution is 2.52. The van der Waals surface area contributed by atoms with Crippen LogP contribution in [0.2, 0.25) is 0 Å². The summed E-state index contributed by atoms with van der Waals surface area (Å²) in [6.07, 6.45) is -4.39. The Hall–Kier alpha value is -4.34. The summed E-state index contributed by atoms with van der Waals surface area (Å²) in [5, 5.41) is 58.2. The fraction of sp³-hybridized carbons (Fsp3) is 0.455. The third-order valence-corrected chi connectivity index (χ3v) is 8.79. The summed E-state index contributed by atoms with van der Waals surface area (Å²) in [5.41, 5.74) is -3.48. The standard InChI is InChI=1S/C33H37NO13/c1-5-45-22(37)9-14(2)34-18-10-23(46-15(3)28(18)38)47-20-12-33(43,21(36)13-35)11-17-25(20)32(42)27-26(30(17)40)29(39)16-7-6-8-19(44-4)24(16)31(27)41/h6-9,15,18,20,23,28,34-35,38,40,42-43H,5,10-13H2,1-4H3/b14-9+. The minimum Gasteiger partial charge on any atom is -0.507 e. The molecule has 2 aromatic rings. The molecule has 5 rings (SSSR count). The monoisotopic (exact) mass is 655 g/mol. The van der Waals surface area contributed by atoms with Crippen molar-refractivity contribution in [2.45, 2.75) is 76.3 Å². The van der Waals surface area contributed by atoms with Crippen molar-refractivity contribution in [3.63, 3.8) is 0 Å². The zero-order chi connectivity index (χ0) is 34.4. The number of nitrogens with one attached hydrogen (secondary N) is 1. The highest BCUT2D eigenvalue weighted by Gasteiger charge is 2.50. The highest BCUT2D eigenvalue weighted by molar-refractivity contribution is 6.31. The first-order valence-corrected chi connectivity index (χ1v) is 15.1. The van der Waals surface area contributed by atoms with Crippen molar-refractivity contribution in [1.82, 2.24) is 5.32 Å². The third kappa shape index (κ3) is 5.98. The molecule has 1 fully saturated rings. The van der Waals surface area contributed by atoms with Crippen LogP contribution in [0, 0.1) is 0 Å². The number of phenolic OH excluding ortho intramolecular Hbond substituents is 2. The van der Waals surface area contributed by atoms with E-state index < -0.39 is 102 Å². The van der Waals surface area contributed by atoms with Crippen LogP contribution >= 0.6 is 0 Å². The van der Waals surface area contributed by atoms with Crippen molar-refractivity contribution in [2.24, 2.45) is 0 Å². The van der Waals surface area contributed by atoms with Gasteiger partial charge in [-0.1, -0.05) is 12.1 Å². The summed E-state index contributed by atoms with van der Waals surface area (Å²) in [7, 11) is 1.31. The lowest BCUT2D eigenvalue weighted by molar-refractivity contribution is -0.249. The maximum Gasteiger partial charge on any atom is 0.332 e. The maximum atomic E-state index is 13.8. The van der Waals surface area contributed by atoms with E-state index in [0.29, 0.717) is 5.70 Å². The number of phenols is 2. The number of carbonyl (C=O) groups excluding carboxylic acids is 4. The second-order valence-corrected chi connectivity index (χ2v) is 11.8. The summed E-state index contributed by atoms with van der Waals surface area (Å²) in [5.74, 6) is -4.53. The molecule has 6 atom stereocenters. The predicted molar refractivity (Wildman–Crippen MR) is 161 cm³/mol. The molecule has 1 saturated heterocycles. The summed E-state index contributed by atoms with van der Waals surface area (Å²) in [6.45, 7) is 3.97. The van der Waals surface area contributed by atoms with Gasteiger partial charge >= 0.3 is 5.97 Å². The van der Waals surface area contributed by atoms with Gasteiger partial charge in [-0.05, 0) is 26.8 Å². The smallest absolute Gasteiger partial charge is 0.332 e. The minimum absolute atomic E-state index is 0.0304. The molecule has 14 nitrogen and oxygen atoms in total. The molecule has 14 heteroatoms. The number of hydrogen-bond acceptors (Lipinski definition) is 14. The first kappa shape index (κ1) is 34.0. The van der Waals surface area contributed by atoms with Crippen molar-refractivity contribution >= 4 is 23.3 Å². The molecular weight excluding hydrogens is 618 g/mol. The van der Waals surface area contributed by atoms with Crippen LogP contribution in [-0.2, 0) is 30.2 Å². The number of aliphatic hydroxyl groups excluding tert-OH is 2. The Morgan fingerprint density at radius 1 is 1.13 bits per heavy atom. The van der Waals surface area contributed by atoms with Crippen LogP contribution in [0.25, 0.3) is 0 Å². The van der Waals surface area contributed by atoms with E-state index >= 15 is 0 Å². The number of ketones is 3. The maximum absolute atomic E-state index is 13.8. The Bertz CT molecular complexity index is 1670. The number of carbonyl (C=O) groups is 4. The van der Waals surface area contributed by atoms with Gasteiger partial charge in [-0.25, -0.2) is 4.79 Å². The highest BCUT2D eigenvalue weighted by atomic mass is 16.7. The normalized spacial score (nSPS) is 27.0. The quantitative estimate of drug-likeness (QED) is 0.108. The van der Waals surface area contributed by atoms with Gasteiger partial charge < -0.3 is 49.8 Å². The van der Waals surface area contributed by atoms with Crippen LogP contribution in [0.15, 0.2) is 30.0 Å². The second kappa shape index (κ2) is 13.0. The van der Waals surface area contributed by atoms with Crippen LogP contribution < -0.4 is 10.1 Å². The van der Waals surface area contributed by atoms with Gasteiger partial charge in [0.1, 0.15) is 35.6 Å². The Kier molecular flexibility index (Phi) is 9.44. The van der Waals surface area contributed by atoms with Gasteiger partial charge in [0.2, 0.25) is 5.78 Å². The minimum atomic E-state index is -2.30. The van der Waals surface area contributed by atoms with E-state index in [1.807, 2.05) is 0 Å². The number of esters is 1.